The summed E-state index contributed by atoms with van der Waals surface area (Å²) in [5.41, 5.74) is -1.69. The summed E-state index contributed by atoms with van der Waals surface area (Å²) in [6.45, 7) is 4.28. The van der Waals surface area contributed by atoms with Gasteiger partial charge in [-0.2, -0.15) is 4.31 Å². The van der Waals surface area contributed by atoms with Crippen molar-refractivity contribution in [3.05, 3.63) is 0 Å². The molecule has 1 aliphatic heterocycles. The zero-order chi connectivity index (χ0) is 21.2. The maximum Gasteiger partial charge on any atom is 0.231 e. The average Bonchev–Trinajstić information content (AvgIpc) is 3.33. The number of nitrogens with one attached hydrogen (secondary N) is 1. The van der Waals surface area contributed by atoms with Crippen LogP contribution in [0.5, 0.6) is 0 Å². The van der Waals surface area contributed by atoms with E-state index in [0.29, 0.717) is 12.8 Å². The Morgan fingerprint density at radius 2 is 1.39 bits per heavy atom. The SMILES string of the molecule is C[C@@]1(C(=O)NCCS(=O)(=O)N2CCN(C(=O)[C@@]3(C)CC3(Cl)Cl)CC2)CC1(Cl)Cl. The first-order chi connectivity index (χ1) is 12.7. The van der Waals surface area contributed by atoms with E-state index in [1.54, 1.807) is 18.7 Å². The Bertz CT molecular complexity index is 798. The summed E-state index contributed by atoms with van der Waals surface area (Å²) in [7, 11) is -3.56. The van der Waals surface area contributed by atoms with Gasteiger partial charge in [0.2, 0.25) is 21.8 Å². The Labute approximate surface area is 185 Å². The van der Waals surface area contributed by atoms with Crippen LogP contribution in [0.25, 0.3) is 0 Å². The lowest BCUT2D eigenvalue weighted by atomic mass is 10.1. The molecule has 0 bridgehead atoms. The lowest BCUT2D eigenvalue weighted by molar-refractivity contribution is -0.137. The van der Waals surface area contributed by atoms with Crippen molar-refractivity contribution in [1.29, 1.82) is 0 Å². The van der Waals surface area contributed by atoms with E-state index in [1.807, 2.05) is 0 Å². The van der Waals surface area contributed by atoms with Crippen LogP contribution in [0.15, 0.2) is 0 Å². The van der Waals surface area contributed by atoms with Gasteiger partial charge in [-0.15, -0.1) is 46.4 Å². The van der Waals surface area contributed by atoms with Gasteiger partial charge in [-0.1, -0.05) is 0 Å². The third-order valence-corrected chi connectivity index (χ3v) is 10.1. The minimum absolute atomic E-state index is 0.0289. The second-order valence-electron chi connectivity index (χ2n) is 8.19. The second-order valence-corrected chi connectivity index (χ2v) is 13.2. The van der Waals surface area contributed by atoms with Gasteiger partial charge in [0.15, 0.2) is 0 Å². The van der Waals surface area contributed by atoms with E-state index in [9.17, 15) is 18.0 Å². The smallest absolute Gasteiger partial charge is 0.231 e. The van der Waals surface area contributed by atoms with Crippen LogP contribution in [0.3, 0.4) is 0 Å². The van der Waals surface area contributed by atoms with Gasteiger partial charge in [-0.3, -0.25) is 9.59 Å². The summed E-state index contributed by atoms with van der Waals surface area (Å²) in [6, 6.07) is 0. The Hall–Kier alpha value is 0.01000. The van der Waals surface area contributed by atoms with E-state index in [0.717, 1.165) is 0 Å². The lowest BCUT2D eigenvalue weighted by Crippen LogP contribution is -2.53. The van der Waals surface area contributed by atoms with Crippen molar-refractivity contribution >= 4 is 68.2 Å². The summed E-state index contributed by atoms with van der Waals surface area (Å²) in [5, 5.41) is 2.59. The number of hydrogen-bond donors (Lipinski definition) is 1. The maximum atomic E-state index is 12.6. The number of rotatable bonds is 6. The molecule has 1 N–H and O–H groups in total. The van der Waals surface area contributed by atoms with Crippen LogP contribution >= 0.6 is 46.4 Å². The highest BCUT2D eigenvalue weighted by atomic mass is 35.5. The van der Waals surface area contributed by atoms with Gasteiger partial charge in [0.1, 0.15) is 8.67 Å². The van der Waals surface area contributed by atoms with Gasteiger partial charge >= 0.3 is 0 Å². The predicted octanol–water partition coefficient (Wildman–Crippen LogP) is 1.74. The molecule has 2 atom stereocenters. The average molecular weight is 495 g/mol. The molecule has 0 aromatic carbocycles. The molecule has 0 radical (unpaired) electrons. The largest absolute Gasteiger partial charge is 0.354 e. The van der Waals surface area contributed by atoms with Gasteiger partial charge in [0.25, 0.3) is 0 Å². The monoisotopic (exact) mass is 493 g/mol. The topological polar surface area (TPSA) is 86.8 Å². The standard InChI is InChI=1S/C16H23Cl4N3O4S/c1-13(9-15(13,17)18)11(24)21-3-8-28(26,27)23-6-4-22(5-7-23)12(25)14(2)10-16(14,19)20/h3-10H2,1-2H3,(H,21,24)/t13-,14+/m0/s1. The molecule has 0 aromatic heterocycles. The molecule has 3 fully saturated rings. The Kier molecular flexibility index (Phi) is 5.69. The molecule has 2 saturated carbocycles. The van der Waals surface area contributed by atoms with Crippen molar-refractivity contribution in [1.82, 2.24) is 14.5 Å². The summed E-state index contributed by atoms with van der Waals surface area (Å²) < 4.78 is 24.2. The molecule has 7 nitrogen and oxygen atoms in total. The predicted molar refractivity (Wildman–Crippen MR) is 109 cm³/mol. The van der Waals surface area contributed by atoms with E-state index in [2.05, 4.69) is 5.32 Å². The normalized spacial score (nSPS) is 34.0. The third kappa shape index (κ3) is 3.85. The number of hydrogen-bond acceptors (Lipinski definition) is 4. The van der Waals surface area contributed by atoms with E-state index >= 15 is 0 Å². The first kappa shape index (κ1) is 22.7. The Morgan fingerprint density at radius 1 is 0.929 bits per heavy atom. The summed E-state index contributed by atoms with van der Waals surface area (Å²) in [4.78, 5) is 26.3. The molecule has 2 amide bonds. The number of carbonyl (C=O) groups is 2. The molecule has 3 aliphatic rings. The van der Waals surface area contributed by atoms with Gasteiger partial charge in [-0.05, 0) is 26.7 Å². The van der Waals surface area contributed by atoms with Crippen LogP contribution < -0.4 is 5.32 Å². The van der Waals surface area contributed by atoms with E-state index < -0.39 is 29.5 Å². The fourth-order valence-electron chi connectivity index (χ4n) is 3.41. The Morgan fingerprint density at radius 3 is 1.82 bits per heavy atom. The van der Waals surface area contributed by atoms with Crippen LogP contribution in [0.1, 0.15) is 26.7 Å². The lowest BCUT2D eigenvalue weighted by Gasteiger charge is -2.35. The van der Waals surface area contributed by atoms with E-state index in [1.165, 1.54) is 4.31 Å². The molecule has 0 unspecified atom stereocenters. The van der Waals surface area contributed by atoms with E-state index in [4.69, 9.17) is 46.4 Å². The minimum atomic E-state index is -3.56. The number of nitrogens with zero attached hydrogens (tertiary/aromatic N) is 2. The van der Waals surface area contributed by atoms with Crippen molar-refractivity contribution in [2.24, 2.45) is 10.8 Å². The number of halogens is 4. The van der Waals surface area contributed by atoms with Crippen LogP contribution in [0, 0.1) is 10.8 Å². The first-order valence-corrected chi connectivity index (χ1v) is 12.1. The number of piperazine rings is 1. The molecule has 1 saturated heterocycles. The zero-order valence-electron chi connectivity index (χ0n) is 15.6. The van der Waals surface area contributed by atoms with Crippen molar-refractivity contribution in [3.63, 3.8) is 0 Å². The highest BCUT2D eigenvalue weighted by molar-refractivity contribution is 7.89. The molecule has 0 aromatic rings. The molecule has 3 rings (SSSR count). The van der Waals surface area contributed by atoms with Crippen LogP contribution in [0.2, 0.25) is 0 Å². The third-order valence-electron chi connectivity index (χ3n) is 6.05. The van der Waals surface area contributed by atoms with Crippen LogP contribution in [0.4, 0.5) is 0 Å². The second kappa shape index (κ2) is 7.02. The van der Waals surface area contributed by atoms with Crippen molar-refractivity contribution in [2.75, 3.05) is 38.5 Å². The first-order valence-electron chi connectivity index (χ1n) is 8.98. The molecular formula is C16H23Cl4N3O4S. The molecule has 160 valence electrons. The molecule has 1 heterocycles. The summed E-state index contributed by atoms with van der Waals surface area (Å²) in [6.07, 6.45) is 0.730. The van der Waals surface area contributed by atoms with Gasteiger partial charge < -0.3 is 10.2 Å². The highest BCUT2D eigenvalue weighted by Crippen LogP contribution is 2.65. The number of amides is 2. The van der Waals surface area contributed by atoms with E-state index in [-0.39, 0.29) is 50.3 Å². The molecule has 12 heteroatoms. The number of alkyl halides is 4. The highest BCUT2D eigenvalue weighted by Gasteiger charge is 2.69. The van der Waals surface area contributed by atoms with Crippen molar-refractivity contribution < 1.29 is 18.0 Å². The number of carbonyl (C=O) groups excluding carboxylic acids is 2. The maximum absolute atomic E-state index is 12.6. The molecular weight excluding hydrogens is 472 g/mol. The summed E-state index contributed by atoms with van der Waals surface area (Å²) >= 11 is 24.0. The van der Waals surface area contributed by atoms with Crippen molar-refractivity contribution in [3.8, 4) is 0 Å². The van der Waals surface area contributed by atoms with Gasteiger partial charge in [0.05, 0.1) is 16.6 Å². The number of sulfonamides is 1. The quantitative estimate of drug-likeness (QED) is 0.570. The zero-order valence-corrected chi connectivity index (χ0v) is 19.4. The van der Waals surface area contributed by atoms with Gasteiger partial charge in [-0.25, -0.2) is 8.42 Å². The molecule has 2 aliphatic carbocycles. The summed E-state index contributed by atoms with van der Waals surface area (Å²) in [5.74, 6) is -0.735. The van der Waals surface area contributed by atoms with Crippen molar-refractivity contribution in [2.45, 2.75) is 35.4 Å². The van der Waals surface area contributed by atoms with Gasteiger partial charge in [0, 0.05) is 32.7 Å². The minimum Gasteiger partial charge on any atom is -0.354 e. The Balaban J connectivity index is 1.46. The molecule has 0 spiro atoms. The fraction of sp³-hybridized carbons (Fsp3) is 0.875. The fourth-order valence-corrected chi connectivity index (χ4v) is 6.15. The van der Waals surface area contributed by atoms with Crippen LogP contribution in [-0.4, -0.2) is 76.6 Å². The van der Waals surface area contributed by atoms with Crippen LogP contribution in [-0.2, 0) is 19.6 Å². The molecule has 28 heavy (non-hydrogen) atoms.